The first-order valence-corrected chi connectivity index (χ1v) is 12.7. The summed E-state index contributed by atoms with van der Waals surface area (Å²) >= 11 is 0. The minimum atomic E-state index is -2.19. The highest BCUT2D eigenvalue weighted by molar-refractivity contribution is 7.93. The maximum absolute atomic E-state index is 14.0. The van der Waals surface area contributed by atoms with Crippen LogP contribution in [-0.2, 0) is 14.5 Å². The van der Waals surface area contributed by atoms with Crippen LogP contribution in [0.4, 0.5) is 21.6 Å². The van der Waals surface area contributed by atoms with Gasteiger partial charge in [0.15, 0.2) is 6.10 Å². The number of aliphatic hydroxyl groups is 1. The van der Waals surface area contributed by atoms with Gasteiger partial charge in [-0.25, -0.2) is 18.6 Å². The van der Waals surface area contributed by atoms with Crippen LogP contribution in [0.25, 0.3) is 10.9 Å². The predicted octanol–water partition coefficient (Wildman–Crippen LogP) is 4.49. The van der Waals surface area contributed by atoms with Crippen LogP contribution in [-0.4, -0.2) is 56.2 Å². The molecular formula is C24H29FN4O4S. The van der Waals surface area contributed by atoms with Crippen molar-refractivity contribution in [3.63, 3.8) is 0 Å². The van der Waals surface area contributed by atoms with E-state index in [1.807, 2.05) is 19.1 Å². The van der Waals surface area contributed by atoms with Gasteiger partial charge in [0.1, 0.15) is 29.8 Å². The first-order chi connectivity index (χ1) is 15.9. The molecule has 3 aromatic rings. The lowest BCUT2D eigenvalue weighted by atomic mass is 10.1. The molecule has 5 rings (SSSR count). The Morgan fingerprint density at radius 3 is 2.74 bits per heavy atom. The summed E-state index contributed by atoms with van der Waals surface area (Å²) in [5, 5.41) is 14.0. The van der Waals surface area contributed by atoms with E-state index in [0.717, 1.165) is 23.8 Å². The van der Waals surface area contributed by atoms with E-state index in [1.54, 1.807) is 6.07 Å². The number of ether oxygens (including phenoxy) is 2. The molecule has 182 valence electrons. The van der Waals surface area contributed by atoms with Gasteiger partial charge in [-0.05, 0) is 49.6 Å². The Hall–Kier alpha value is -2.82. The van der Waals surface area contributed by atoms with Crippen LogP contribution >= 0.6 is 0 Å². The Balaban J connectivity index is 0.00000274. The highest BCUT2D eigenvalue weighted by atomic mass is 32.2. The number of rotatable bonds is 5. The van der Waals surface area contributed by atoms with E-state index in [1.165, 1.54) is 18.5 Å². The number of benzene rings is 2. The summed E-state index contributed by atoms with van der Waals surface area (Å²) in [6.45, 7) is 2.33. The lowest BCUT2D eigenvalue weighted by Crippen LogP contribution is -2.30. The SMILES string of the molecule is C.Cc1cc(N=S2(=O)CCCC2)cc2ncnc(Nc3ccc(F)cc3O[C@H]3COC[C@H]3O)c12. The van der Waals surface area contributed by atoms with E-state index < -0.39 is 27.8 Å². The zero-order valence-corrected chi connectivity index (χ0v) is 19.0. The van der Waals surface area contributed by atoms with Gasteiger partial charge in [0.05, 0.1) is 39.8 Å². The van der Waals surface area contributed by atoms with Crippen LogP contribution in [0, 0.1) is 12.7 Å². The average molecular weight is 489 g/mol. The molecule has 8 nitrogen and oxygen atoms in total. The van der Waals surface area contributed by atoms with Crippen molar-refractivity contribution < 1.29 is 23.2 Å². The van der Waals surface area contributed by atoms with Crippen molar-refractivity contribution >= 4 is 37.8 Å². The van der Waals surface area contributed by atoms with Crippen LogP contribution in [0.15, 0.2) is 41.0 Å². The Kier molecular flexibility index (Phi) is 7.01. The molecule has 2 aliphatic rings. The van der Waals surface area contributed by atoms with Crippen LogP contribution in [0.5, 0.6) is 5.75 Å². The molecule has 0 aliphatic carbocycles. The molecule has 34 heavy (non-hydrogen) atoms. The third-order valence-corrected chi connectivity index (χ3v) is 8.24. The molecule has 0 unspecified atom stereocenters. The molecular weight excluding hydrogens is 459 g/mol. The van der Waals surface area contributed by atoms with E-state index in [2.05, 4.69) is 19.6 Å². The molecule has 10 heteroatoms. The van der Waals surface area contributed by atoms with Crippen molar-refractivity contribution in [3.05, 3.63) is 48.0 Å². The van der Waals surface area contributed by atoms with Gasteiger partial charge in [0, 0.05) is 23.0 Å². The highest BCUT2D eigenvalue weighted by Crippen LogP contribution is 2.35. The first-order valence-electron chi connectivity index (χ1n) is 10.9. The molecule has 2 saturated heterocycles. The number of hydrogen-bond acceptors (Lipinski definition) is 8. The number of nitrogens with zero attached hydrogens (tertiary/aromatic N) is 3. The minimum absolute atomic E-state index is 0. The van der Waals surface area contributed by atoms with Gasteiger partial charge >= 0.3 is 0 Å². The number of fused-ring (bicyclic) bond motifs is 1. The average Bonchev–Trinajstić information content (AvgIpc) is 3.38. The van der Waals surface area contributed by atoms with Gasteiger partial charge in [0.25, 0.3) is 0 Å². The van der Waals surface area contributed by atoms with E-state index >= 15 is 0 Å². The van der Waals surface area contributed by atoms with Gasteiger partial charge in [-0.2, -0.15) is 4.36 Å². The summed E-state index contributed by atoms with van der Waals surface area (Å²) < 4.78 is 42.4. The molecule has 0 amide bonds. The number of hydrogen-bond donors (Lipinski definition) is 2. The summed E-state index contributed by atoms with van der Waals surface area (Å²) in [4.78, 5) is 8.77. The monoisotopic (exact) mass is 488 g/mol. The normalized spacial score (nSPS) is 21.3. The molecule has 2 aliphatic heterocycles. The second kappa shape index (κ2) is 9.81. The minimum Gasteiger partial charge on any atom is -0.483 e. The number of nitrogens with one attached hydrogen (secondary N) is 1. The summed E-state index contributed by atoms with van der Waals surface area (Å²) in [5.41, 5.74) is 2.69. The van der Waals surface area contributed by atoms with Crippen LogP contribution in [0.3, 0.4) is 0 Å². The molecule has 0 spiro atoms. The van der Waals surface area contributed by atoms with E-state index in [-0.39, 0.29) is 26.4 Å². The van der Waals surface area contributed by atoms with Crippen LogP contribution < -0.4 is 10.1 Å². The zero-order valence-electron chi connectivity index (χ0n) is 18.2. The van der Waals surface area contributed by atoms with Gasteiger partial charge in [0.2, 0.25) is 0 Å². The number of anilines is 2. The summed E-state index contributed by atoms with van der Waals surface area (Å²) in [7, 11) is -2.19. The Morgan fingerprint density at radius 1 is 1.21 bits per heavy atom. The molecule has 2 N–H and O–H groups in total. The second-order valence-corrected chi connectivity index (χ2v) is 10.9. The molecule has 2 atom stereocenters. The molecule has 3 heterocycles. The maximum atomic E-state index is 14.0. The maximum Gasteiger partial charge on any atom is 0.150 e. The molecule has 2 fully saturated rings. The topological polar surface area (TPSA) is 106 Å². The van der Waals surface area contributed by atoms with E-state index in [0.29, 0.717) is 34.2 Å². The first kappa shape index (κ1) is 24.3. The smallest absolute Gasteiger partial charge is 0.150 e. The van der Waals surface area contributed by atoms with Gasteiger partial charge in [-0.1, -0.05) is 7.43 Å². The summed E-state index contributed by atoms with van der Waals surface area (Å²) in [6, 6.07) is 7.84. The largest absolute Gasteiger partial charge is 0.483 e. The van der Waals surface area contributed by atoms with Gasteiger partial charge in [-0.3, -0.25) is 0 Å². The fourth-order valence-electron chi connectivity index (χ4n) is 4.18. The van der Waals surface area contributed by atoms with Crippen molar-refractivity contribution in [3.8, 4) is 5.75 Å². The number of aliphatic hydroxyl groups excluding tert-OH is 1. The van der Waals surface area contributed by atoms with Crippen molar-refractivity contribution in [2.45, 2.75) is 39.4 Å². The molecule has 0 saturated carbocycles. The quantitative estimate of drug-likeness (QED) is 0.545. The van der Waals surface area contributed by atoms with Crippen molar-refractivity contribution in [1.29, 1.82) is 0 Å². The predicted molar refractivity (Wildman–Crippen MR) is 131 cm³/mol. The third kappa shape index (κ3) is 4.98. The standard InChI is InChI=1S/C23H25FN4O4S.CH4/c1-14-8-16(28-33(30)6-2-3-7-33)10-18-22(14)23(26-13-25-18)27-17-5-4-15(24)9-20(17)32-21-12-31-11-19(21)29;/h4-5,8-10,13,19,21,29H,2-3,6-7,11-12H2,1H3,(H,25,26,27);1H4/t19-,21+;/m1./s1. The third-order valence-electron chi connectivity index (χ3n) is 5.84. The van der Waals surface area contributed by atoms with Gasteiger partial charge < -0.3 is 19.9 Å². The lowest BCUT2D eigenvalue weighted by Gasteiger charge is -2.19. The number of aromatic nitrogens is 2. The highest BCUT2D eigenvalue weighted by Gasteiger charge is 2.29. The second-order valence-electron chi connectivity index (χ2n) is 8.38. The van der Waals surface area contributed by atoms with Crippen molar-refractivity contribution in [2.75, 3.05) is 30.0 Å². The van der Waals surface area contributed by atoms with Gasteiger partial charge in [-0.15, -0.1) is 0 Å². The fourth-order valence-corrected chi connectivity index (χ4v) is 6.37. The lowest BCUT2D eigenvalue weighted by molar-refractivity contribution is 0.0736. The molecule has 0 radical (unpaired) electrons. The molecule has 0 bridgehead atoms. The fraction of sp³-hybridized carbons (Fsp3) is 0.417. The van der Waals surface area contributed by atoms with E-state index in [4.69, 9.17) is 9.47 Å². The number of halogens is 1. The molecule has 2 aromatic carbocycles. The zero-order chi connectivity index (χ0) is 23.0. The van der Waals surface area contributed by atoms with Crippen LogP contribution in [0.2, 0.25) is 0 Å². The van der Waals surface area contributed by atoms with Crippen molar-refractivity contribution in [1.82, 2.24) is 9.97 Å². The molecule has 1 aromatic heterocycles. The Morgan fingerprint density at radius 2 is 2.00 bits per heavy atom. The van der Waals surface area contributed by atoms with Crippen molar-refractivity contribution in [2.24, 2.45) is 4.36 Å². The van der Waals surface area contributed by atoms with E-state index in [9.17, 15) is 13.7 Å². The summed E-state index contributed by atoms with van der Waals surface area (Å²) in [5.74, 6) is 1.58. The Labute approximate surface area is 198 Å². The Bertz CT molecular complexity index is 1310. The van der Waals surface area contributed by atoms with Crippen LogP contribution in [0.1, 0.15) is 25.8 Å². The number of aryl methyl sites for hydroxylation is 1. The summed E-state index contributed by atoms with van der Waals surface area (Å²) in [6.07, 6.45) is 1.95.